The summed E-state index contributed by atoms with van der Waals surface area (Å²) in [5.41, 5.74) is 7.26. The molecule has 154 valence electrons. The number of phenols is 2. The number of benzene rings is 1. The van der Waals surface area contributed by atoms with Crippen LogP contribution in [0.15, 0.2) is 52.6 Å². The van der Waals surface area contributed by atoms with Crippen LogP contribution in [0.4, 0.5) is 0 Å². The second kappa shape index (κ2) is 10.0. The van der Waals surface area contributed by atoms with E-state index in [2.05, 4.69) is 46.8 Å². The third-order valence-electron chi connectivity index (χ3n) is 6.22. The molecule has 0 radical (unpaired) electrons. The van der Waals surface area contributed by atoms with Crippen LogP contribution in [0, 0.1) is 5.41 Å². The Kier molecular flexibility index (Phi) is 7.98. The van der Waals surface area contributed by atoms with Crippen molar-refractivity contribution in [2.24, 2.45) is 5.41 Å². The van der Waals surface area contributed by atoms with Crippen molar-refractivity contribution >= 4 is 0 Å². The van der Waals surface area contributed by atoms with Crippen molar-refractivity contribution in [1.82, 2.24) is 0 Å². The summed E-state index contributed by atoms with van der Waals surface area (Å²) >= 11 is 0. The van der Waals surface area contributed by atoms with Gasteiger partial charge in [0.15, 0.2) is 0 Å². The summed E-state index contributed by atoms with van der Waals surface area (Å²) in [6.45, 7) is 11.5. The lowest BCUT2D eigenvalue weighted by Gasteiger charge is -2.35. The second-order valence-corrected chi connectivity index (χ2v) is 9.15. The van der Waals surface area contributed by atoms with Crippen LogP contribution in [0.1, 0.15) is 85.1 Å². The average Bonchev–Trinajstić information content (AvgIpc) is 2.61. The molecule has 2 rings (SSSR count). The van der Waals surface area contributed by atoms with Gasteiger partial charge in [-0.25, -0.2) is 0 Å². The van der Waals surface area contributed by atoms with Crippen molar-refractivity contribution in [3.63, 3.8) is 0 Å². The molecule has 0 aromatic heterocycles. The highest BCUT2D eigenvalue weighted by Gasteiger charge is 2.27. The van der Waals surface area contributed by atoms with Gasteiger partial charge >= 0.3 is 0 Å². The Hall–Kier alpha value is -1.96. The van der Waals surface area contributed by atoms with E-state index in [-0.39, 0.29) is 11.5 Å². The highest BCUT2D eigenvalue weighted by atomic mass is 16.3. The van der Waals surface area contributed by atoms with Gasteiger partial charge in [0.1, 0.15) is 11.5 Å². The molecule has 1 aliphatic rings. The average molecular weight is 383 g/mol. The summed E-state index contributed by atoms with van der Waals surface area (Å²) in [5, 5.41) is 19.4. The zero-order valence-corrected chi connectivity index (χ0v) is 18.4. The Morgan fingerprint density at radius 2 is 1.79 bits per heavy atom. The lowest BCUT2D eigenvalue weighted by Crippen LogP contribution is -2.20. The van der Waals surface area contributed by atoms with Gasteiger partial charge in [-0.3, -0.25) is 0 Å². The van der Waals surface area contributed by atoms with Gasteiger partial charge in [-0.15, -0.1) is 0 Å². The van der Waals surface area contributed by atoms with E-state index in [1.807, 2.05) is 0 Å². The second-order valence-electron chi connectivity index (χ2n) is 9.15. The van der Waals surface area contributed by atoms with Crippen LogP contribution in [0.3, 0.4) is 0 Å². The third-order valence-corrected chi connectivity index (χ3v) is 6.22. The first kappa shape index (κ1) is 22.3. The fourth-order valence-electron chi connectivity index (χ4n) is 4.32. The van der Waals surface area contributed by atoms with Crippen molar-refractivity contribution < 1.29 is 10.2 Å². The third kappa shape index (κ3) is 6.58. The minimum Gasteiger partial charge on any atom is -0.508 e. The lowest BCUT2D eigenvalue weighted by molar-refractivity contribution is 0.354. The molecule has 0 unspecified atom stereocenters. The van der Waals surface area contributed by atoms with Crippen molar-refractivity contribution in [2.75, 3.05) is 0 Å². The van der Waals surface area contributed by atoms with E-state index in [0.29, 0.717) is 11.8 Å². The highest BCUT2D eigenvalue weighted by Crippen LogP contribution is 2.42. The molecule has 1 aromatic carbocycles. The summed E-state index contributed by atoms with van der Waals surface area (Å²) < 4.78 is 0. The molecule has 1 aliphatic carbocycles. The van der Waals surface area contributed by atoms with Crippen LogP contribution in [0.5, 0.6) is 11.5 Å². The van der Waals surface area contributed by atoms with Gasteiger partial charge in [0.2, 0.25) is 0 Å². The number of hydrogen-bond acceptors (Lipinski definition) is 2. The molecule has 0 heterocycles. The Balaban J connectivity index is 1.82. The van der Waals surface area contributed by atoms with E-state index in [4.69, 9.17) is 0 Å². The number of aromatic hydroxyl groups is 2. The number of phenolic OH excluding ortho intramolecular Hbond substituents is 2. The van der Waals surface area contributed by atoms with Gasteiger partial charge < -0.3 is 10.2 Å². The minimum atomic E-state index is 0.198. The molecule has 0 amide bonds. The Bertz CT molecular complexity index is 763. The molecule has 0 spiro atoms. The molecule has 0 saturated carbocycles. The number of rotatable bonds is 8. The fraction of sp³-hybridized carbons (Fsp3) is 0.538. The predicted molar refractivity (Wildman–Crippen MR) is 120 cm³/mol. The summed E-state index contributed by atoms with van der Waals surface area (Å²) in [6.07, 6.45) is 13.6. The zero-order chi connectivity index (χ0) is 20.7. The summed E-state index contributed by atoms with van der Waals surface area (Å²) in [6, 6.07) is 4.69. The SMILES string of the molecule is CC(=CCc1cc(O)ccc1O)CCC=C(C)CCC1=C(C)CCCC1(C)C. The van der Waals surface area contributed by atoms with Gasteiger partial charge in [0, 0.05) is 5.56 Å². The molecule has 1 aromatic rings. The van der Waals surface area contributed by atoms with Gasteiger partial charge in [-0.05, 0) is 95.8 Å². The van der Waals surface area contributed by atoms with Gasteiger partial charge in [0.05, 0.1) is 0 Å². The molecule has 28 heavy (non-hydrogen) atoms. The van der Waals surface area contributed by atoms with Crippen LogP contribution in [0.2, 0.25) is 0 Å². The van der Waals surface area contributed by atoms with Crippen LogP contribution in [0.25, 0.3) is 0 Å². The van der Waals surface area contributed by atoms with Crippen LogP contribution >= 0.6 is 0 Å². The molecule has 2 nitrogen and oxygen atoms in total. The molecule has 2 heteroatoms. The van der Waals surface area contributed by atoms with Crippen LogP contribution in [-0.4, -0.2) is 10.2 Å². The van der Waals surface area contributed by atoms with Gasteiger partial charge in [-0.1, -0.05) is 48.3 Å². The molecule has 2 N–H and O–H groups in total. The predicted octanol–water partition coefficient (Wildman–Crippen LogP) is 7.62. The lowest BCUT2D eigenvalue weighted by atomic mass is 9.71. The van der Waals surface area contributed by atoms with E-state index in [0.717, 1.165) is 24.8 Å². The molecule has 0 bridgehead atoms. The largest absolute Gasteiger partial charge is 0.508 e. The van der Waals surface area contributed by atoms with E-state index < -0.39 is 0 Å². The Labute approximate surface area is 171 Å². The maximum absolute atomic E-state index is 9.87. The van der Waals surface area contributed by atoms with Crippen molar-refractivity contribution in [3.8, 4) is 11.5 Å². The van der Waals surface area contributed by atoms with Crippen molar-refractivity contribution in [2.45, 2.75) is 86.0 Å². The standard InChI is InChI=1S/C26H38O2/c1-19(11-13-22-18-23(27)14-16-25(22)28)8-6-9-20(2)12-15-24-21(3)10-7-17-26(24,4)5/h9,11,14,16,18,27-28H,6-8,10,12-13,15,17H2,1-5H3. The van der Waals surface area contributed by atoms with E-state index in [1.165, 1.54) is 42.9 Å². The van der Waals surface area contributed by atoms with Crippen LogP contribution in [-0.2, 0) is 6.42 Å². The maximum Gasteiger partial charge on any atom is 0.119 e. The van der Waals surface area contributed by atoms with E-state index >= 15 is 0 Å². The maximum atomic E-state index is 9.87. The molecular weight excluding hydrogens is 344 g/mol. The number of hydrogen-bond donors (Lipinski definition) is 2. The molecule has 0 atom stereocenters. The molecular formula is C26H38O2. The van der Waals surface area contributed by atoms with E-state index in [1.54, 1.807) is 23.3 Å². The van der Waals surface area contributed by atoms with E-state index in [9.17, 15) is 10.2 Å². The minimum absolute atomic E-state index is 0.198. The highest BCUT2D eigenvalue weighted by molar-refractivity contribution is 5.39. The fourth-order valence-corrected chi connectivity index (χ4v) is 4.32. The summed E-state index contributed by atoms with van der Waals surface area (Å²) in [7, 11) is 0. The van der Waals surface area contributed by atoms with Gasteiger partial charge in [0.25, 0.3) is 0 Å². The Morgan fingerprint density at radius 1 is 1.07 bits per heavy atom. The Morgan fingerprint density at radius 3 is 2.50 bits per heavy atom. The monoisotopic (exact) mass is 382 g/mol. The first-order valence-corrected chi connectivity index (χ1v) is 10.7. The van der Waals surface area contributed by atoms with Crippen molar-refractivity contribution in [3.05, 3.63) is 58.2 Å². The quantitative estimate of drug-likeness (QED) is 0.358. The van der Waals surface area contributed by atoms with Crippen LogP contribution < -0.4 is 0 Å². The zero-order valence-electron chi connectivity index (χ0n) is 18.4. The topological polar surface area (TPSA) is 40.5 Å². The number of allylic oxidation sites excluding steroid dienone is 6. The van der Waals surface area contributed by atoms with Gasteiger partial charge in [-0.2, -0.15) is 0 Å². The smallest absolute Gasteiger partial charge is 0.119 e. The summed E-state index contributed by atoms with van der Waals surface area (Å²) in [4.78, 5) is 0. The molecule has 0 saturated heterocycles. The molecule has 0 fully saturated rings. The first-order chi connectivity index (χ1) is 13.2. The molecule has 0 aliphatic heterocycles. The summed E-state index contributed by atoms with van der Waals surface area (Å²) in [5.74, 6) is 0.441. The first-order valence-electron chi connectivity index (χ1n) is 10.7. The normalized spacial score (nSPS) is 17.9. The van der Waals surface area contributed by atoms with Crippen molar-refractivity contribution in [1.29, 1.82) is 0 Å².